The Hall–Kier alpha value is -0.120. The van der Waals surface area contributed by atoms with Gasteiger partial charge < -0.3 is 16.8 Å². The standard InChI is InChI=1S/C19H39N3/c1-16(20)17-10-13-19(21,15-22-14-17)18(2)11-8-6-4-3-5-7-9-12-18/h16-17,22H,3-15,20-21H2,1-2H3. The van der Waals surface area contributed by atoms with Gasteiger partial charge in [0.15, 0.2) is 0 Å². The lowest BCUT2D eigenvalue weighted by molar-refractivity contribution is 0.0967. The number of nitrogens with two attached hydrogens (primary N) is 2. The van der Waals surface area contributed by atoms with Crippen molar-refractivity contribution in [3.63, 3.8) is 0 Å². The second kappa shape index (κ2) is 8.12. The largest absolute Gasteiger partial charge is 0.328 e. The first-order chi connectivity index (χ1) is 10.5. The maximum absolute atomic E-state index is 7.04. The van der Waals surface area contributed by atoms with Gasteiger partial charge in [-0.2, -0.15) is 0 Å². The van der Waals surface area contributed by atoms with E-state index in [1.165, 1.54) is 64.2 Å². The van der Waals surface area contributed by atoms with Crippen molar-refractivity contribution in [1.82, 2.24) is 5.32 Å². The van der Waals surface area contributed by atoms with E-state index in [1.54, 1.807) is 0 Å². The zero-order valence-electron chi connectivity index (χ0n) is 15.0. The van der Waals surface area contributed by atoms with Gasteiger partial charge >= 0.3 is 0 Å². The van der Waals surface area contributed by atoms with E-state index < -0.39 is 0 Å². The highest BCUT2D eigenvalue weighted by Crippen LogP contribution is 2.44. The fourth-order valence-electron chi connectivity index (χ4n) is 4.62. The summed E-state index contributed by atoms with van der Waals surface area (Å²) in [6, 6.07) is 0.270. The number of hydrogen-bond acceptors (Lipinski definition) is 3. The van der Waals surface area contributed by atoms with E-state index in [1.807, 2.05) is 0 Å². The fraction of sp³-hybridized carbons (Fsp3) is 1.00. The first kappa shape index (κ1) is 18.2. The monoisotopic (exact) mass is 309 g/mol. The molecule has 1 aliphatic carbocycles. The summed E-state index contributed by atoms with van der Waals surface area (Å²) in [7, 11) is 0. The molecule has 1 heterocycles. The van der Waals surface area contributed by atoms with E-state index in [4.69, 9.17) is 11.5 Å². The minimum atomic E-state index is -0.0597. The molecule has 2 fully saturated rings. The first-order valence-corrected chi connectivity index (χ1v) is 9.72. The van der Waals surface area contributed by atoms with Crippen LogP contribution in [-0.2, 0) is 0 Å². The van der Waals surface area contributed by atoms with Gasteiger partial charge in [-0.1, -0.05) is 51.9 Å². The van der Waals surface area contributed by atoms with Gasteiger partial charge in [0.1, 0.15) is 0 Å². The minimum Gasteiger partial charge on any atom is -0.328 e. The molecule has 3 atom stereocenters. The summed E-state index contributed by atoms with van der Waals surface area (Å²) in [5.41, 5.74) is 13.4. The van der Waals surface area contributed by atoms with Crippen molar-refractivity contribution in [2.75, 3.05) is 13.1 Å². The molecule has 0 radical (unpaired) electrons. The molecule has 3 nitrogen and oxygen atoms in total. The van der Waals surface area contributed by atoms with Crippen LogP contribution in [0.2, 0.25) is 0 Å². The van der Waals surface area contributed by atoms with Gasteiger partial charge in [0.2, 0.25) is 0 Å². The van der Waals surface area contributed by atoms with Gasteiger partial charge in [0.25, 0.3) is 0 Å². The molecule has 5 N–H and O–H groups in total. The first-order valence-electron chi connectivity index (χ1n) is 9.72. The van der Waals surface area contributed by atoms with Crippen LogP contribution in [0.4, 0.5) is 0 Å². The average Bonchev–Trinajstić information content (AvgIpc) is 2.69. The zero-order chi connectivity index (χ0) is 16.1. The molecule has 0 spiro atoms. The van der Waals surface area contributed by atoms with Crippen LogP contribution in [0.3, 0.4) is 0 Å². The minimum absolute atomic E-state index is 0.0597. The van der Waals surface area contributed by atoms with Crippen molar-refractivity contribution in [2.24, 2.45) is 22.8 Å². The molecular weight excluding hydrogens is 270 g/mol. The predicted molar refractivity (Wildman–Crippen MR) is 95.8 cm³/mol. The third-order valence-electron chi connectivity index (χ3n) is 6.71. The van der Waals surface area contributed by atoms with Crippen LogP contribution in [0.15, 0.2) is 0 Å². The summed E-state index contributed by atoms with van der Waals surface area (Å²) in [4.78, 5) is 0. The Morgan fingerprint density at radius 3 is 2.05 bits per heavy atom. The number of nitrogens with one attached hydrogen (secondary N) is 1. The van der Waals surface area contributed by atoms with Crippen molar-refractivity contribution in [3.05, 3.63) is 0 Å². The Morgan fingerprint density at radius 2 is 1.50 bits per heavy atom. The molecule has 0 amide bonds. The van der Waals surface area contributed by atoms with Gasteiger partial charge in [0.05, 0.1) is 0 Å². The quantitative estimate of drug-likeness (QED) is 0.731. The van der Waals surface area contributed by atoms with Crippen LogP contribution in [0.1, 0.15) is 84.5 Å². The lowest BCUT2D eigenvalue weighted by Crippen LogP contribution is -2.59. The Balaban J connectivity index is 2.06. The molecule has 1 saturated heterocycles. The molecule has 3 heteroatoms. The van der Waals surface area contributed by atoms with Gasteiger partial charge in [-0.05, 0) is 50.5 Å². The molecule has 1 saturated carbocycles. The predicted octanol–water partition coefficient (Wildman–Crippen LogP) is 3.56. The summed E-state index contributed by atoms with van der Waals surface area (Å²) in [5, 5.41) is 3.65. The SMILES string of the molecule is CC(N)C1CCC(N)(C2(C)CCCCCCCCC2)CNC1. The fourth-order valence-corrected chi connectivity index (χ4v) is 4.62. The van der Waals surface area contributed by atoms with Gasteiger partial charge in [-0.25, -0.2) is 0 Å². The molecule has 2 aliphatic rings. The van der Waals surface area contributed by atoms with E-state index in [0.29, 0.717) is 5.92 Å². The van der Waals surface area contributed by atoms with Crippen LogP contribution < -0.4 is 16.8 Å². The molecule has 0 aromatic rings. The number of hydrogen-bond donors (Lipinski definition) is 3. The third kappa shape index (κ3) is 4.46. The van der Waals surface area contributed by atoms with Crippen molar-refractivity contribution in [1.29, 1.82) is 0 Å². The Kier molecular flexibility index (Phi) is 6.73. The lowest BCUT2D eigenvalue weighted by atomic mass is 9.63. The molecule has 0 aromatic heterocycles. The third-order valence-corrected chi connectivity index (χ3v) is 6.71. The van der Waals surface area contributed by atoms with E-state index in [0.717, 1.165) is 19.5 Å². The van der Waals surface area contributed by atoms with Crippen LogP contribution in [0.25, 0.3) is 0 Å². The number of rotatable bonds is 2. The maximum Gasteiger partial charge on any atom is 0.0335 e. The molecule has 22 heavy (non-hydrogen) atoms. The van der Waals surface area contributed by atoms with E-state index in [2.05, 4.69) is 19.2 Å². The topological polar surface area (TPSA) is 64.1 Å². The van der Waals surface area contributed by atoms with Crippen LogP contribution in [-0.4, -0.2) is 24.7 Å². The van der Waals surface area contributed by atoms with Crippen molar-refractivity contribution in [3.8, 4) is 0 Å². The van der Waals surface area contributed by atoms with Crippen LogP contribution in [0, 0.1) is 11.3 Å². The molecule has 2 rings (SSSR count). The second-order valence-corrected chi connectivity index (χ2v) is 8.48. The van der Waals surface area contributed by atoms with Gasteiger partial charge in [-0.3, -0.25) is 0 Å². The molecule has 3 unspecified atom stereocenters. The summed E-state index contributed by atoms with van der Waals surface area (Å²) in [5.74, 6) is 0.577. The van der Waals surface area contributed by atoms with E-state index in [9.17, 15) is 0 Å². The second-order valence-electron chi connectivity index (χ2n) is 8.48. The van der Waals surface area contributed by atoms with Gasteiger partial charge in [-0.15, -0.1) is 0 Å². The molecule has 130 valence electrons. The Bertz CT molecular complexity index is 319. The maximum atomic E-state index is 7.04. The van der Waals surface area contributed by atoms with Gasteiger partial charge in [0, 0.05) is 18.1 Å². The zero-order valence-corrected chi connectivity index (χ0v) is 15.0. The highest BCUT2D eigenvalue weighted by molar-refractivity contribution is 5.03. The highest BCUT2D eigenvalue weighted by atomic mass is 15.0. The highest BCUT2D eigenvalue weighted by Gasteiger charge is 2.45. The Labute approximate surface area is 138 Å². The van der Waals surface area contributed by atoms with E-state index >= 15 is 0 Å². The summed E-state index contributed by atoms with van der Waals surface area (Å²) in [6.45, 7) is 6.61. The average molecular weight is 310 g/mol. The summed E-state index contributed by atoms with van der Waals surface area (Å²) in [6.07, 6.45) is 14.7. The molecule has 1 aliphatic heterocycles. The molecular formula is C19H39N3. The summed E-state index contributed by atoms with van der Waals surface area (Å²) < 4.78 is 0. The normalized spacial score (nSPS) is 36.3. The van der Waals surface area contributed by atoms with Crippen LogP contribution in [0.5, 0.6) is 0 Å². The summed E-state index contributed by atoms with van der Waals surface area (Å²) >= 11 is 0. The van der Waals surface area contributed by atoms with Crippen molar-refractivity contribution in [2.45, 2.75) is 96.1 Å². The molecule has 0 aromatic carbocycles. The van der Waals surface area contributed by atoms with E-state index in [-0.39, 0.29) is 17.0 Å². The smallest absolute Gasteiger partial charge is 0.0335 e. The molecule has 0 bridgehead atoms. The Morgan fingerprint density at radius 1 is 0.955 bits per heavy atom. The van der Waals surface area contributed by atoms with Crippen molar-refractivity contribution < 1.29 is 0 Å². The van der Waals surface area contributed by atoms with Crippen molar-refractivity contribution >= 4 is 0 Å². The lowest BCUT2D eigenvalue weighted by Gasteiger charge is -2.47. The van der Waals surface area contributed by atoms with Crippen LogP contribution >= 0.6 is 0 Å².